The predicted octanol–water partition coefficient (Wildman–Crippen LogP) is 8.45. The van der Waals surface area contributed by atoms with Crippen LogP contribution in [0.25, 0.3) is 16.1 Å². The summed E-state index contributed by atoms with van der Waals surface area (Å²) in [7, 11) is 8.17. The first-order valence-corrected chi connectivity index (χ1v) is 17.4. The molecule has 0 aliphatic heterocycles. The van der Waals surface area contributed by atoms with Gasteiger partial charge in [0.1, 0.15) is 0 Å². The zero-order valence-electron chi connectivity index (χ0n) is 17.5. The molecule has 2 unspecified atom stereocenters. The number of hydrogen-bond donors (Lipinski definition) is 0. The molecule has 0 N–H and O–H groups in total. The van der Waals surface area contributed by atoms with Gasteiger partial charge in [-0.3, -0.25) is 0 Å². The van der Waals surface area contributed by atoms with Crippen LogP contribution in [0, 0.1) is 0 Å². The Balaban J connectivity index is 0.000000706. The van der Waals surface area contributed by atoms with E-state index in [9.17, 15) is 0 Å². The third-order valence-electron chi connectivity index (χ3n) is 6.20. The molecule has 0 amide bonds. The molecule has 2 atom stereocenters. The van der Waals surface area contributed by atoms with Gasteiger partial charge in [0.2, 0.25) is 0 Å². The van der Waals surface area contributed by atoms with E-state index in [0.29, 0.717) is 11.8 Å². The summed E-state index contributed by atoms with van der Waals surface area (Å²) in [6.07, 6.45) is 2.63. The molecule has 5 heteroatoms. The molecule has 150 valence electrons. The van der Waals surface area contributed by atoms with Gasteiger partial charge in [-0.15, -0.1) is 5.54 Å². The maximum absolute atomic E-state index is 5.33. The maximum atomic E-state index is 5.33. The van der Waals surface area contributed by atoms with Crippen LogP contribution < -0.4 is 0 Å². The fourth-order valence-electron chi connectivity index (χ4n) is 5.39. The second-order valence-electron chi connectivity index (χ2n) is 9.56. The van der Waals surface area contributed by atoms with Crippen LogP contribution in [0.15, 0.2) is 48.5 Å². The third-order valence-corrected chi connectivity index (χ3v) is 9.91. The molecule has 2 aliphatic carbocycles. The van der Waals surface area contributed by atoms with Crippen LogP contribution >= 0.6 is 18.6 Å². The Morgan fingerprint density at radius 1 is 0.857 bits per heavy atom. The summed E-state index contributed by atoms with van der Waals surface area (Å²) >= 11 is -0.556. The molecule has 1 nitrogen and oxygen atoms in total. The van der Waals surface area contributed by atoms with Gasteiger partial charge in [0.15, 0.2) is 0 Å². The molecule has 1 fully saturated rings. The fourth-order valence-corrected chi connectivity index (χ4v) is 8.96. The van der Waals surface area contributed by atoms with Crippen molar-refractivity contribution in [2.24, 2.45) is 0 Å². The standard InChI is InChI=1S/C23H30NSi.2ClH.Ti/c1-23(2,3)24-25(4,5)16-14-21-19-12-8-6-10-17(19)18-11-7-9-13-20(18)22(21)15-16;;;/h6-13,16,21-22H,14-15H2,1-5H3;2*1H;/q-1;;;+2/p-2. The van der Waals surface area contributed by atoms with Gasteiger partial charge in [-0.1, -0.05) is 96.2 Å². The summed E-state index contributed by atoms with van der Waals surface area (Å²) in [5.74, 6) is 1.36. The van der Waals surface area contributed by atoms with Gasteiger partial charge in [-0.2, -0.15) is 0 Å². The Hall–Kier alpha value is -0.0888. The van der Waals surface area contributed by atoms with Crippen LogP contribution in [0.1, 0.15) is 56.6 Å². The molecule has 28 heavy (non-hydrogen) atoms. The van der Waals surface area contributed by atoms with E-state index in [1.165, 1.54) is 24.0 Å². The first-order valence-electron chi connectivity index (χ1n) is 10.1. The fraction of sp³-hybridized carbons (Fsp3) is 0.478. The predicted molar refractivity (Wildman–Crippen MR) is 123 cm³/mol. The first-order chi connectivity index (χ1) is 13.2. The first kappa shape index (κ1) is 22.6. The van der Waals surface area contributed by atoms with E-state index in [4.69, 9.17) is 23.6 Å². The molecule has 0 saturated heterocycles. The molecular weight excluding hydrogens is 437 g/mol. The molecule has 0 spiro atoms. The summed E-state index contributed by atoms with van der Waals surface area (Å²) in [6.45, 7) is 11.7. The van der Waals surface area contributed by atoms with Crippen LogP contribution in [-0.4, -0.2) is 13.8 Å². The molecule has 2 aromatic carbocycles. The summed E-state index contributed by atoms with van der Waals surface area (Å²) in [6, 6.07) is 18.2. The minimum absolute atomic E-state index is 0.0826. The van der Waals surface area contributed by atoms with Gasteiger partial charge < -0.3 is 4.98 Å². The van der Waals surface area contributed by atoms with Crippen LogP contribution in [0.4, 0.5) is 0 Å². The number of benzene rings is 2. The molecule has 1 saturated carbocycles. The van der Waals surface area contributed by atoms with Crippen LogP contribution in [0.5, 0.6) is 0 Å². The normalized spacial score (nSPS) is 23.0. The van der Waals surface area contributed by atoms with E-state index in [-0.39, 0.29) is 5.54 Å². The SMILES string of the molecule is CC(C)(C)[N-][Si](C)(C)C1CC2c3ccccc3-c3ccccc3C2C1.[Cl][Ti][Cl]. The van der Waals surface area contributed by atoms with Crippen molar-refractivity contribution in [1.82, 2.24) is 0 Å². The second kappa shape index (κ2) is 8.96. The van der Waals surface area contributed by atoms with E-state index in [2.05, 4.69) is 82.4 Å². The van der Waals surface area contributed by atoms with E-state index < -0.39 is 25.3 Å². The van der Waals surface area contributed by atoms with E-state index >= 15 is 0 Å². The van der Waals surface area contributed by atoms with Gasteiger partial charge in [0.05, 0.1) is 0 Å². The van der Waals surface area contributed by atoms with Gasteiger partial charge in [-0.05, 0) is 46.9 Å². The molecule has 0 heterocycles. The summed E-state index contributed by atoms with van der Waals surface area (Å²) in [5, 5.41) is 0. The molecule has 0 radical (unpaired) electrons. The number of fused-ring (bicyclic) bond motifs is 6. The minimum atomic E-state index is -1.61. The van der Waals surface area contributed by atoms with Crippen molar-refractivity contribution in [3.63, 3.8) is 0 Å². The number of rotatable bonds is 2. The number of halogens is 2. The van der Waals surface area contributed by atoms with Crippen molar-refractivity contribution in [2.45, 2.75) is 69.6 Å². The van der Waals surface area contributed by atoms with E-state index in [0.717, 1.165) is 5.54 Å². The molecule has 2 aliphatic rings. The van der Waals surface area contributed by atoms with Crippen molar-refractivity contribution in [3.8, 4) is 11.1 Å². The molecule has 0 bridgehead atoms. The molecule has 4 rings (SSSR count). The Morgan fingerprint density at radius 3 is 1.64 bits per heavy atom. The van der Waals surface area contributed by atoms with Crippen molar-refractivity contribution >= 4 is 26.8 Å². The van der Waals surface area contributed by atoms with Crippen molar-refractivity contribution in [1.29, 1.82) is 0 Å². The van der Waals surface area contributed by atoms with Gasteiger partial charge in [0.25, 0.3) is 0 Å². The Labute approximate surface area is 188 Å². The zero-order chi connectivity index (χ0) is 20.5. The van der Waals surface area contributed by atoms with Crippen molar-refractivity contribution < 1.29 is 17.0 Å². The van der Waals surface area contributed by atoms with Crippen LogP contribution in [0.2, 0.25) is 18.6 Å². The topological polar surface area (TPSA) is 14.1 Å². The average molecular weight is 467 g/mol. The quantitative estimate of drug-likeness (QED) is 0.394. The van der Waals surface area contributed by atoms with Gasteiger partial charge in [0, 0.05) is 0 Å². The van der Waals surface area contributed by atoms with Gasteiger partial charge >= 0.3 is 35.6 Å². The molecular formula is C23H30Cl2NSiTi-. The monoisotopic (exact) mass is 466 g/mol. The van der Waals surface area contributed by atoms with E-state index in [1.54, 1.807) is 11.1 Å². The van der Waals surface area contributed by atoms with Gasteiger partial charge in [-0.25, -0.2) is 0 Å². The average Bonchev–Trinajstić information content (AvgIpc) is 3.07. The molecule has 2 aromatic rings. The Morgan fingerprint density at radius 2 is 1.25 bits per heavy atom. The van der Waals surface area contributed by atoms with Crippen LogP contribution in [0.3, 0.4) is 0 Å². The summed E-state index contributed by atoms with van der Waals surface area (Å²) in [4.78, 5) is 5.33. The zero-order valence-corrected chi connectivity index (χ0v) is 21.5. The van der Waals surface area contributed by atoms with E-state index in [1.807, 2.05) is 0 Å². The Kier molecular flexibility index (Phi) is 7.23. The second-order valence-corrected chi connectivity index (χ2v) is 16.5. The summed E-state index contributed by atoms with van der Waals surface area (Å²) in [5.41, 5.74) is 6.95. The third kappa shape index (κ3) is 4.79. The van der Waals surface area contributed by atoms with Crippen molar-refractivity contribution in [3.05, 3.63) is 64.6 Å². The summed E-state index contributed by atoms with van der Waals surface area (Å²) < 4.78 is 0. The van der Waals surface area contributed by atoms with Crippen LogP contribution in [-0.2, 0) is 17.0 Å². The number of nitrogens with zero attached hydrogens (tertiary/aromatic N) is 1. The number of hydrogen-bond acceptors (Lipinski definition) is 0. The van der Waals surface area contributed by atoms with Crippen molar-refractivity contribution in [2.75, 3.05) is 0 Å². The Bertz CT molecular complexity index is 765. The molecule has 0 aromatic heterocycles.